The number of hydrogen-bond acceptors (Lipinski definition) is 13. The van der Waals surface area contributed by atoms with Crippen molar-refractivity contribution in [3.05, 3.63) is 64.0 Å². The number of nitrogens with zero attached hydrogens (tertiary/aromatic N) is 2. The molecule has 2 heterocycles. The van der Waals surface area contributed by atoms with Crippen LogP contribution in [0.15, 0.2) is 56.6 Å². The lowest BCUT2D eigenvalue weighted by Crippen LogP contribution is -2.32. The maximum Gasteiger partial charge on any atom is 0.347 e. The Hall–Kier alpha value is -3.82. The van der Waals surface area contributed by atoms with E-state index in [1.807, 2.05) is 19.9 Å². The molecule has 19 heteroatoms. The van der Waals surface area contributed by atoms with Crippen molar-refractivity contribution < 1.29 is 59.5 Å². The molecule has 0 saturated carbocycles. The number of amides is 1. The summed E-state index contributed by atoms with van der Waals surface area (Å²) in [5.74, 6) is -0.717. The average molecular weight is 799 g/mol. The lowest BCUT2D eigenvalue weighted by atomic mass is 9.75. The van der Waals surface area contributed by atoms with Gasteiger partial charge in [0.2, 0.25) is 11.6 Å². The maximum absolute atomic E-state index is 13.3. The molecule has 1 aliphatic rings. The zero-order valence-corrected chi connectivity index (χ0v) is 31.9. The molecule has 1 aliphatic heterocycles. The van der Waals surface area contributed by atoms with Crippen molar-refractivity contribution in [3.8, 4) is 5.75 Å². The molecule has 0 spiro atoms. The quantitative estimate of drug-likeness (QED) is 0.0199. The molecule has 0 bridgehead atoms. The lowest BCUT2D eigenvalue weighted by Gasteiger charge is -2.23. The summed E-state index contributed by atoms with van der Waals surface area (Å²) < 4.78 is 78.7. The van der Waals surface area contributed by atoms with Gasteiger partial charge < -0.3 is 19.7 Å². The van der Waals surface area contributed by atoms with E-state index in [4.69, 9.17) is 9.67 Å². The average Bonchev–Trinajstić information content (AvgIpc) is 3.32. The van der Waals surface area contributed by atoms with Gasteiger partial charge in [-0.25, -0.2) is 10.1 Å². The van der Waals surface area contributed by atoms with Gasteiger partial charge in [0.25, 0.3) is 20.2 Å². The Bertz CT molecular complexity index is 2150. The summed E-state index contributed by atoms with van der Waals surface area (Å²) in [5.41, 5.74) is 0.328. The third kappa shape index (κ3) is 10.4. The van der Waals surface area contributed by atoms with Gasteiger partial charge in [-0.2, -0.15) is 21.4 Å². The Morgan fingerprint density at radius 2 is 1.79 bits per heavy atom. The molecule has 0 radical (unpaired) electrons. The number of nitrogens with one attached hydrogen (secondary N) is 1. The third-order valence-electron chi connectivity index (χ3n) is 9.11. The van der Waals surface area contributed by atoms with Gasteiger partial charge in [-0.1, -0.05) is 5.04 Å². The maximum atomic E-state index is 13.3. The molecule has 290 valence electrons. The molecular formula is C34H44N3O13S3+. The van der Waals surface area contributed by atoms with Crippen LogP contribution in [0, 0.1) is 0 Å². The van der Waals surface area contributed by atoms with E-state index in [1.54, 1.807) is 29.7 Å². The number of aromatic hydroxyl groups is 1. The lowest BCUT2D eigenvalue weighted by molar-refractivity contribution is -0.437. The van der Waals surface area contributed by atoms with E-state index in [-0.39, 0.29) is 53.5 Å². The smallest absolute Gasteiger partial charge is 0.347 e. The number of hydrogen-bond donors (Lipinski definition) is 5. The Balaban J connectivity index is 1.76. The van der Waals surface area contributed by atoms with Gasteiger partial charge in [0, 0.05) is 79.7 Å². The second-order valence-corrected chi connectivity index (χ2v) is 16.3. The molecule has 5 N–H and O–H groups in total. The van der Waals surface area contributed by atoms with Crippen LogP contribution >= 0.6 is 12.0 Å². The van der Waals surface area contributed by atoms with Gasteiger partial charge in [0.1, 0.15) is 23.4 Å². The minimum absolute atomic E-state index is 0.0310. The van der Waals surface area contributed by atoms with E-state index in [0.717, 1.165) is 17.7 Å². The number of benzene rings is 2. The molecule has 0 fully saturated rings. The Morgan fingerprint density at radius 3 is 2.45 bits per heavy atom. The number of fused-ring (bicyclic) bond motifs is 2. The highest BCUT2D eigenvalue weighted by atomic mass is 32.2. The predicted molar refractivity (Wildman–Crippen MR) is 200 cm³/mol. The monoisotopic (exact) mass is 798 g/mol. The molecule has 53 heavy (non-hydrogen) atoms. The van der Waals surface area contributed by atoms with E-state index in [2.05, 4.69) is 19.6 Å². The Kier molecular flexibility index (Phi) is 14.2. The number of carbonyl (C=O) groups excluding carboxylic acids is 1. The molecule has 0 aliphatic carbocycles. The normalized spacial score (nSPS) is 16.1. The number of anilines is 1. The summed E-state index contributed by atoms with van der Waals surface area (Å²) in [7, 11) is -8.97. The van der Waals surface area contributed by atoms with Gasteiger partial charge in [0.05, 0.1) is 21.4 Å². The largest absolute Gasteiger partial charge is 0.506 e. The second-order valence-electron chi connectivity index (χ2n) is 12.5. The zero-order chi connectivity index (χ0) is 39.0. The molecule has 1 unspecified atom stereocenters. The number of allylic oxidation sites excluding steroid dienone is 1. The van der Waals surface area contributed by atoms with Crippen molar-refractivity contribution in [2.45, 2.75) is 63.2 Å². The van der Waals surface area contributed by atoms with Gasteiger partial charge in [-0.3, -0.25) is 13.9 Å². The van der Waals surface area contributed by atoms with Crippen LogP contribution in [0.1, 0.15) is 64.0 Å². The zero-order valence-electron chi connectivity index (χ0n) is 29.5. The second kappa shape index (κ2) is 18.0. The topological polar surface area (TPSA) is 233 Å². The number of carbonyl (C=O) groups is 1. The van der Waals surface area contributed by atoms with E-state index >= 15 is 0 Å². The molecule has 1 atom stereocenters. The van der Waals surface area contributed by atoms with E-state index in [9.17, 15) is 40.6 Å². The predicted octanol–water partition coefficient (Wildman–Crippen LogP) is 4.69. The van der Waals surface area contributed by atoms with Crippen molar-refractivity contribution in [3.63, 3.8) is 0 Å². The highest BCUT2D eigenvalue weighted by Gasteiger charge is 2.48. The first-order valence-corrected chi connectivity index (χ1v) is 20.8. The SMILES string of the molecule is CCN(CC)c1ccc2c(O)c(/C=C/C3=[N+](CCCS(=O)(=O)O)c4ccc(S(=O)(=O)O)cc4C3(C)CCCC(=O)NCCCSOOO)c(=O)oc2c1. The third-order valence-corrected chi connectivity index (χ3v) is 11.4. The molecule has 4 rings (SSSR count). The summed E-state index contributed by atoms with van der Waals surface area (Å²) in [6.07, 6.45) is 4.03. The van der Waals surface area contributed by atoms with Crippen LogP contribution in [0.4, 0.5) is 11.4 Å². The fourth-order valence-electron chi connectivity index (χ4n) is 6.49. The van der Waals surface area contributed by atoms with Crippen LogP contribution in [-0.2, 0) is 39.8 Å². The van der Waals surface area contributed by atoms with Crippen molar-refractivity contribution in [2.24, 2.45) is 0 Å². The van der Waals surface area contributed by atoms with Crippen LogP contribution in [0.5, 0.6) is 5.75 Å². The molecule has 1 aromatic heterocycles. The molecule has 1 amide bonds. The summed E-state index contributed by atoms with van der Waals surface area (Å²) in [6.45, 7) is 7.56. The van der Waals surface area contributed by atoms with Crippen molar-refractivity contribution in [1.29, 1.82) is 0 Å². The standard InChI is InChI=1S/C34H43N3O13S3/c1-4-36(5-2)23-10-12-25-29(21-23)48-33(40)26(32(25)39)13-15-30-34(3,16-6-9-31(38)35-17-7-19-51-50-49-41)27-22-24(53(45,46)47)11-14-28(27)37(30)18-8-20-52(42,43)44/h10-15,21-22H,4-9,16-20H2,1-3H3,(H4,35,38,41,42,43,44,45,46,47)/p+1. The molecule has 3 aromatic rings. The summed E-state index contributed by atoms with van der Waals surface area (Å²) in [5, 5.41) is 26.1. The Morgan fingerprint density at radius 1 is 1.06 bits per heavy atom. The minimum atomic E-state index is -4.64. The van der Waals surface area contributed by atoms with Crippen LogP contribution in [-0.4, -0.2) is 90.2 Å². The molecular weight excluding hydrogens is 755 g/mol. The minimum Gasteiger partial charge on any atom is -0.506 e. The highest BCUT2D eigenvalue weighted by Crippen LogP contribution is 2.45. The van der Waals surface area contributed by atoms with Crippen molar-refractivity contribution >= 4 is 72.3 Å². The van der Waals surface area contributed by atoms with Crippen LogP contribution in [0.25, 0.3) is 17.0 Å². The van der Waals surface area contributed by atoms with Crippen LogP contribution < -0.4 is 15.8 Å². The molecule has 2 aromatic carbocycles. The first-order valence-electron chi connectivity index (χ1n) is 16.9. The fraction of sp³-hybridized carbons (Fsp3) is 0.441. The first kappa shape index (κ1) is 41.9. The summed E-state index contributed by atoms with van der Waals surface area (Å²) >= 11 is 0.863. The van der Waals surface area contributed by atoms with Crippen LogP contribution in [0.2, 0.25) is 0 Å². The van der Waals surface area contributed by atoms with Gasteiger partial charge >= 0.3 is 5.63 Å². The van der Waals surface area contributed by atoms with E-state index in [1.165, 1.54) is 24.3 Å². The fourth-order valence-corrected chi connectivity index (χ4v) is 7.86. The first-order chi connectivity index (χ1) is 25.0. The van der Waals surface area contributed by atoms with E-state index < -0.39 is 37.0 Å². The van der Waals surface area contributed by atoms with Gasteiger partial charge in [-0.15, -0.1) is 4.33 Å². The van der Waals surface area contributed by atoms with Crippen LogP contribution in [0.3, 0.4) is 0 Å². The number of rotatable bonds is 20. The molecule has 0 saturated heterocycles. The van der Waals surface area contributed by atoms with Gasteiger partial charge in [0.15, 0.2) is 5.71 Å². The summed E-state index contributed by atoms with van der Waals surface area (Å²) in [6, 6.07) is 9.12. The van der Waals surface area contributed by atoms with E-state index in [0.29, 0.717) is 60.6 Å². The molecule has 16 nitrogen and oxygen atoms in total. The van der Waals surface area contributed by atoms with Gasteiger partial charge in [-0.05, 0) is 70.4 Å². The van der Waals surface area contributed by atoms with Crippen molar-refractivity contribution in [2.75, 3.05) is 42.6 Å². The Labute approximate surface area is 311 Å². The van der Waals surface area contributed by atoms with Crippen molar-refractivity contribution in [1.82, 2.24) is 5.32 Å². The summed E-state index contributed by atoms with van der Waals surface area (Å²) in [4.78, 5) is 27.7. The highest BCUT2D eigenvalue weighted by molar-refractivity contribution is 7.94.